The van der Waals surface area contributed by atoms with Crippen molar-refractivity contribution < 1.29 is 59.8 Å². The molecule has 0 radical (unpaired) electrons. The number of nitrogens with zero attached hydrogens (tertiary/aromatic N) is 1. The van der Waals surface area contributed by atoms with Gasteiger partial charge in [0.25, 0.3) is 0 Å². The minimum Gasteiger partial charge on any atom is -0.549 e. The Balaban J connectivity index is 0. The van der Waals surface area contributed by atoms with Crippen LogP contribution in [0.1, 0.15) is 5.56 Å². The van der Waals surface area contributed by atoms with Crippen molar-refractivity contribution in [1.82, 2.24) is 0 Å². The first-order valence-corrected chi connectivity index (χ1v) is 7.61. The van der Waals surface area contributed by atoms with Gasteiger partial charge in [0, 0.05) is 11.1 Å². The monoisotopic (exact) mass is 403 g/mol. The van der Waals surface area contributed by atoms with Gasteiger partial charge in [0.2, 0.25) is 0 Å². The van der Waals surface area contributed by atoms with Crippen LogP contribution in [0.25, 0.3) is 22.1 Å². The second kappa shape index (κ2) is 12.5. The molecule has 0 unspecified atom stereocenters. The minimum absolute atomic E-state index is 0. The molecule has 8 nitrogen and oxygen atoms in total. The van der Waals surface area contributed by atoms with Crippen molar-refractivity contribution in [1.29, 1.82) is 0 Å². The minimum atomic E-state index is -1.13. The molecule has 2 aromatic carbocycles. The smallest absolute Gasteiger partial charge is 0.549 e. The summed E-state index contributed by atoms with van der Waals surface area (Å²) < 4.78 is 5.37. The van der Waals surface area contributed by atoms with Crippen LogP contribution in [0, 0.1) is 17.0 Å². The number of nitro groups is 1. The van der Waals surface area contributed by atoms with Gasteiger partial charge in [-0.05, 0) is 24.6 Å². The molecule has 3 rings (SSSR count). The molecule has 0 saturated heterocycles. The third-order valence-electron chi connectivity index (χ3n) is 3.18. The number of carboxylic acids is 1. The zero-order valence-corrected chi connectivity index (χ0v) is 17.7. The molecule has 1 heterocycles. The zero-order valence-electron chi connectivity index (χ0n) is 14.8. The van der Waals surface area contributed by atoms with Gasteiger partial charge < -0.3 is 25.3 Å². The first-order valence-electron chi connectivity index (χ1n) is 6.97. The Bertz CT molecular complexity index is 884. The Kier molecular flexibility index (Phi) is 12.7. The molecule has 0 aliphatic rings. The summed E-state index contributed by atoms with van der Waals surface area (Å²) >= 11 is 3.35. The molecule has 0 amide bonds. The quantitative estimate of drug-likeness (QED) is 0.239. The fourth-order valence-electron chi connectivity index (χ4n) is 2.21. The van der Waals surface area contributed by atoms with Gasteiger partial charge in [-0.25, -0.2) is 0 Å². The second-order valence-electron chi connectivity index (χ2n) is 4.94. The number of carboxylic acid groups (broad SMARTS) is 1. The number of thiol groups is 1. The predicted molar refractivity (Wildman–Crippen MR) is 99.1 cm³/mol. The molecule has 0 atom stereocenters. The summed E-state index contributed by atoms with van der Waals surface area (Å²) in [5.74, 6) is -1.53. The summed E-state index contributed by atoms with van der Waals surface area (Å²) in [4.78, 5) is 19.9. The van der Waals surface area contributed by atoms with E-state index in [1.54, 1.807) is 6.07 Å². The van der Waals surface area contributed by atoms with Gasteiger partial charge in [-0.1, -0.05) is 42.0 Å². The van der Waals surface area contributed by atoms with Crippen molar-refractivity contribution in [3.63, 3.8) is 0 Å². The van der Waals surface area contributed by atoms with Crippen LogP contribution in [0.5, 0.6) is 0 Å². The van der Waals surface area contributed by atoms with Crippen LogP contribution < -0.4 is 34.7 Å². The standard InChI is InChI=1S/C15H11NO3.C2H4O2S.Na.2H2O/c1-10-7-8-13-12(9-10)14(15(19-13)16(17)18)11-5-3-2-4-6-11;3-2(4)1-5;;;/h2-9H,1H3;5H,1H2,(H,3,4);;2*1H2/q;;+1;;/p-1. The molecule has 1 aromatic heterocycles. The van der Waals surface area contributed by atoms with Gasteiger partial charge in [0.15, 0.2) is 0 Å². The van der Waals surface area contributed by atoms with E-state index in [2.05, 4.69) is 12.6 Å². The van der Waals surface area contributed by atoms with Crippen molar-refractivity contribution in [3.8, 4) is 11.1 Å². The van der Waals surface area contributed by atoms with E-state index in [0.29, 0.717) is 11.1 Å². The van der Waals surface area contributed by atoms with Gasteiger partial charge in [0.05, 0.1) is 5.97 Å². The zero-order chi connectivity index (χ0) is 17.7. The van der Waals surface area contributed by atoms with E-state index in [0.717, 1.165) is 16.5 Å². The maximum Gasteiger partial charge on any atom is 1.00 e. The summed E-state index contributed by atoms with van der Waals surface area (Å²) in [5, 5.41) is 21.1. The van der Waals surface area contributed by atoms with Crippen LogP contribution in [0.4, 0.5) is 5.88 Å². The first kappa shape index (κ1) is 27.3. The maximum absolute atomic E-state index is 11.2. The van der Waals surface area contributed by atoms with E-state index in [-0.39, 0.29) is 52.1 Å². The van der Waals surface area contributed by atoms with Gasteiger partial charge >= 0.3 is 35.4 Å². The third-order valence-corrected chi connectivity index (χ3v) is 3.44. The third kappa shape index (κ3) is 6.98. The molecular weight excluding hydrogens is 385 g/mol. The van der Waals surface area contributed by atoms with E-state index in [1.807, 2.05) is 49.4 Å². The normalized spacial score (nSPS) is 8.96. The fraction of sp³-hybridized carbons (Fsp3) is 0.118. The fourth-order valence-corrected chi connectivity index (χ4v) is 2.21. The average molecular weight is 403 g/mol. The van der Waals surface area contributed by atoms with Crippen LogP contribution >= 0.6 is 12.6 Å². The molecular formula is C17H18NNaO7S. The van der Waals surface area contributed by atoms with Crippen LogP contribution in [-0.2, 0) is 4.79 Å². The molecule has 0 fully saturated rings. The van der Waals surface area contributed by atoms with Crippen LogP contribution in [0.3, 0.4) is 0 Å². The van der Waals surface area contributed by atoms with E-state index in [1.165, 1.54) is 0 Å². The largest absolute Gasteiger partial charge is 1.00 e. The number of carbonyl (C=O) groups is 1. The van der Waals surface area contributed by atoms with E-state index >= 15 is 0 Å². The summed E-state index contributed by atoms with van der Waals surface area (Å²) in [6, 6.07) is 14.8. The predicted octanol–water partition coefficient (Wildman–Crippen LogP) is -1.66. The Morgan fingerprint density at radius 1 is 1.15 bits per heavy atom. The van der Waals surface area contributed by atoms with Crippen molar-refractivity contribution >= 4 is 35.5 Å². The Hall–Kier alpha value is -1.88. The molecule has 0 aliphatic heterocycles. The number of aliphatic carboxylic acids is 1. The van der Waals surface area contributed by atoms with Gasteiger partial charge in [-0.3, -0.25) is 10.1 Å². The van der Waals surface area contributed by atoms with E-state index in [4.69, 9.17) is 4.42 Å². The number of aryl methyl sites for hydroxylation is 1. The van der Waals surface area contributed by atoms with Crippen molar-refractivity contribution in [2.75, 3.05) is 5.75 Å². The molecule has 4 N–H and O–H groups in total. The van der Waals surface area contributed by atoms with E-state index in [9.17, 15) is 20.0 Å². The molecule has 27 heavy (non-hydrogen) atoms. The Morgan fingerprint density at radius 2 is 1.70 bits per heavy atom. The second-order valence-corrected chi connectivity index (χ2v) is 5.25. The number of rotatable bonds is 3. The van der Waals surface area contributed by atoms with Crippen LogP contribution in [0.2, 0.25) is 0 Å². The molecule has 3 aromatic rings. The average Bonchev–Trinajstić information content (AvgIpc) is 2.95. The molecule has 0 bridgehead atoms. The van der Waals surface area contributed by atoms with Crippen LogP contribution in [-0.4, -0.2) is 27.6 Å². The Labute approximate surface area is 182 Å². The number of hydrogen-bond donors (Lipinski definition) is 1. The summed E-state index contributed by atoms with van der Waals surface area (Å²) in [6.45, 7) is 1.95. The number of benzene rings is 2. The Morgan fingerprint density at radius 3 is 2.19 bits per heavy atom. The molecule has 10 heteroatoms. The van der Waals surface area contributed by atoms with Gasteiger partial charge in [-0.15, -0.1) is 0 Å². The summed E-state index contributed by atoms with van der Waals surface area (Å²) in [7, 11) is 0. The summed E-state index contributed by atoms with van der Waals surface area (Å²) in [6.07, 6.45) is 0. The van der Waals surface area contributed by atoms with Crippen LogP contribution in [0.15, 0.2) is 52.9 Å². The number of furan rings is 1. The van der Waals surface area contributed by atoms with E-state index < -0.39 is 10.9 Å². The molecule has 0 spiro atoms. The number of hydrogen-bond acceptors (Lipinski definition) is 6. The SMILES string of the molecule is Cc1ccc2oc([N+](=O)[O-])c(-c3ccccc3)c2c1.O.O.O=C([O-])CS.[Na+]. The van der Waals surface area contributed by atoms with Gasteiger partial charge in [0.1, 0.15) is 16.1 Å². The van der Waals surface area contributed by atoms with Crippen molar-refractivity contribution in [2.24, 2.45) is 0 Å². The number of carbonyl (C=O) groups excluding carboxylic acids is 1. The number of fused-ring (bicyclic) bond motifs is 1. The molecule has 0 aliphatic carbocycles. The maximum atomic E-state index is 11.2. The topological polar surface area (TPSA) is 159 Å². The molecule has 0 saturated carbocycles. The van der Waals surface area contributed by atoms with Crippen molar-refractivity contribution in [2.45, 2.75) is 6.92 Å². The van der Waals surface area contributed by atoms with Crippen molar-refractivity contribution in [3.05, 3.63) is 64.2 Å². The van der Waals surface area contributed by atoms with Gasteiger partial charge in [-0.2, -0.15) is 12.6 Å². The molecule has 140 valence electrons. The summed E-state index contributed by atoms with van der Waals surface area (Å²) in [5.41, 5.74) is 2.92. The first-order chi connectivity index (χ1) is 11.4.